The van der Waals surface area contributed by atoms with Gasteiger partial charge >= 0.3 is 5.97 Å². The molecule has 0 aromatic carbocycles. The number of Topliss-reactive ketones (excluding diaryl/α,β-unsaturated/α-hetero) is 1. The number of nitrogens with one attached hydrogen (secondary N) is 1. The summed E-state index contributed by atoms with van der Waals surface area (Å²) in [5, 5.41) is 12.2. The van der Waals surface area contributed by atoms with E-state index in [2.05, 4.69) is 10.3 Å². The third-order valence-corrected chi connectivity index (χ3v) is 3.56. The predicted molar refractivity (Wildman–Crippen MR) is 76.1 cm³/mol. The highest BCUT2D eigenvalue weighted by Crippen LogP contribution is 2.21. The van der Waals surface area contributed by atoms with Crippen LogP contribution in [0, 0.1) is 0 Å². The van der Waals surface area contributed by atoms with Crippen LogP contribution in [0.15, 0.2) is 12.1 Å². The number of ketones is 1. The fourth-order valence-electron chi connectivity index (χ4n) is 2.42. The molecule has 0 saturated carbocycles. The van der Waals surface area contributed by atoms with Crippen LogP contribution in [0.2, 0.25) is 0 Å². The fraction of sp³-hybridized carbons (Fsp3) is 0.533. The van der Waals surface area contributed by atoms with Crippen molar-refractivity contribution in [3.63, 3.8) is 0 Å². The summed E-state index contributed by atoms with van der Waals surface area (Å²) in [6, 6.07) is 2.83. The molecule has 1 atom stereocenters. The molecule has 2 N–H and O–H groups in total. The molecule has 1 aromatic heterocycles. The molecule has 0 radical (unpaired) electrons. The average Bonchev–Trinajstić information content (AvgIpc) is 2.43. The lowest BCUT2D eigenvalue weighted by molar-refractivity contribution is -0.138. The summed E-state index contributed by atoms with van der Waals surface area (Å²) in [6.45, 7) is 2.03. The molecular formula is C15H20N2O3. The second kappa shape index (κ2) is 6.50. The molecular weight excluding hydrogens is 256 g/mol. The van der Waals surface area contributed by atoms with E-state index in [4.69, 9.17) is 0 Å². The van der Waals surface area contributed by atoms with Crippen LogP contribution in [-0.4, -0.2) is 27.9 Å². The molecule has 20 heavy (non-hydrogen) atoms. The number of carbonyl (C=O) groups excluding carboxylic acids is 1. The van der Waals surface area contributed by atoms with Gasteiger partial charge in [-0.2, -0.15) is 0 Å². The molecule has 0 unspecified atom stereocenters. The van der Waals surface area contributed by atoms with Gasteiger partial charge in [0, 0.05) is 12.0 Å². The molecule has 1 aromatic rings. The lowest BCUT2D eigenvalue weighted by Gasteiger charge is -2.18. The van der Waals surface area contributed by atoms with Gasteiger partial charge in [-0.25, -0.2) is 9.78 Å². The molecule has 0 fully saturated rings. The first-order chi connectivity index (χ1) is 9.61. The molecule has 0 spiro atoms. The van der Waals surface area contributed by atoms with Gasteiger partial charge < -0.3 is 10.4 Å². The number of hydrogen-bond acceptors (Lipinski definition) is 4. The third kappa shape index (κ3) is 3.35. The monoisotopic (exact) mass is 276 g/mol. The second-order valence-electron chi connectivity index (χ2n) is 5.14. The zero-order valence-electron chi connectivity index (χ0n) is 11.7. The van der Waals surface area contributed by atoms with Crippen molar-refractivity contribution in [1.82, 2.24) is 4.98 Å². The number of carboxylic acids is 1. The van der Waals surface area contributed by atoms with E-state index in [0.717, 1.165) is 31.4 Å². The van der Waals surface area contributed by atoms with E-state index in [0.29, 0.717) is 24.2 Å². The molecule has 5 heteroatoms. The van der Waals surface area contributed by atoms with Gasteiger partial charge in [-0.05, 0) is 31.4 Å². The summed E-state index contributed by atoms with van der Waals surface area (Å²) in [5.74, 6) is -0.193. The number of hydrogen-bond donors (Lipinski definition) is 2. The van der Waals surface area contributed by atoms with E-state index in [1.807, 2.05) is 6.92 Å². The third-order valence-electron chi connectivity index (χ3n) is 3.56. The van der Waals surface area contributed by atoms with Crippen molar-refractivity contribution in [1.29, 1.82) is 0 Å². The van der Waals surface area contributed by atoms with Gasteiger partial charge in [-0.15, -0.1) is 0 Å². The van der Waals surface area contributed by atoms with Crippen LogP contribution in [0.25, 0.3) is 0 Å². The van der Waals surface area contributed by atoms with Crippen LogP contribution in [0.1, 0.15) is 55.1 Å². The van der Waals surface area contributed by atoms with Crippen molar-refractivity contribution >= 4 is 17.6 Å². The van der Waals surface area contributed by atoms with Crippen LogP contribution in [-0.2, 0) is 11.2 Å². The van der Waals surface area contributed by atoms with Gasteiger partial charge in [-0.3, -0.25) is 4.79 Å². The maximum Gasteiger partial charge on any atom is 0.326 e. The Morgan fingerprint density at radius 1 is 1.45 bits per heavy atom. The van der Waals surface area contributed by atoms with Crippen molar-refractivity contribution in [3.8, 4) is 0 Å². The Labute approximate surface area is 118 Å². The quantitative estimate of drug-likeness (QED) is 0.835. The minimum absolute atomic E-state index is 0.131. The smallest absolute Gasteiger partial charge is 0.326 e. The zero-order valence-corrected chi connectivity index (χ0v) is 11.7. The summed E-state index contributed by atoms with van der Waals surface area (Å²) in [7, 11) is 0. The number of anilines is 1. The Balaban J connectivity index is 2.12. The maximum absolute atomic E-state index is 11.7. The Morgan fingerprint density at radius 3 is 2.95 bits per heavy atom. The first-order valence-electron chi connectivity index (χ1n) is 7.14. The highest BCUT2D eigenvalue weighted by atomic mass is 16.4. The Kier molecular flexibility index (Phi) is 4.71. The van der Waals surface area contributed by atoms with Crippen molar-refractivity contribution in [2.45, 2.75) is 51.5 Å². The zero-order chi connectivity index (χ0) is 14.5. The molecule has 1 heterocycles. The van der Waals surface area contributed by atoms with E-state index in [-0.39, 0.29) is 5.78 Å². The predicted octanol–water partition coefficient (Wildman–Crippen LogP) is 2.66. The van der Waals surface area contributed by atoms with Crippen molar-refractivity contribution in [2.75, 3.05) is 5.32 Å². The first kappa shape index (κ1) is 14.5. The number of aliphatic carboxylic acids is 1. The molecule has 0 aliphatic heterocycles. The highest BCUT2D eigenvalue weighted by molar-refractivity contribution is 5.98. The van der Waals surface area contributed by atoms with Crippen molar-refractivity contribution in [2.24, 2.45) is 0 Å². The topological polar surface area (TPSA) is 79.3 Å². The van der Waals surface area contributed by atoms with Gasteiger partial charge in [0.05, 0.1) is 5.69 Å². The fourth-order valence-corrected chi connectivity index (χ4v) is 2.42. The summed E-state index contributed by atoms with van der Waals surface area (Å²) in [6.07, 6.45) is 4.56. The largest absolute Gasteiger partial charge is 0.480 e. The molecule has 2 rings (SSSR count). The summed E-state index contributed by atoms with van der Waals surface area (Å²) in [5.41, 5.74) is 1.47. The normalized spacial score (nSPS) is 15.6. The SMILES string of the molecule is CCCC[C@H](Nc1ccc2c(n1)CCCC2=O)C(=O)O. The van der Waals surface area contributed by atoms with E-state index in [9.17, 15) is 14.7 Å². The molecule has 1 aliphatic carbocycles. The van der Waals surface area contributed by atoms with Gasteiger partial charge in [-0.1, -0.05) is 19.8 Å². The number of rotatable bonds is 6. The van der Waals surface area contributed by atoms with Crippen molar-refractivity contribution < 1.29 is 14.7 Å². The van der Waals surface area contributed by atoms with Crippen LogP contribution < -0.4 is 5.32 Å². The van der Waals surface area contributed by atoms with Crippen LogP contribution in [0.5, 0.6) is 0 Å². The van der Waals surface area contributed by atoms with E-state index >= 15 is 0 Å². The van der Waals surface area contributed by atoms with Crippen molar-refractivity contribution in [3.05, 3.63) is 23.4 Å². The number of carboxylic acid groups (broad SMARTS) is 1. The van der Waals surface area contributed by atoms with E-state index < -0.39 is 12.0 Å². The Morgan fingerprint density at radius 2 is 2.25 bits per heavy atom. The summed E-state index contributed by atoms with van der Waals surface area (Å²) >= 11 is 0. The molecule has 108 valence electrons. The van der Waals surface area contributed by atoms with Crippen LogP contribution in [0.3, 0.4) is 0 Å². The minimum Gasteiger partial charge on any atom is -0.480 e. The number of nitrogens with zero attached hydrogens (tertiary/aromatic N) is 1. The van der Waals surface area contributed by atoms with E-state index in [1.54, 1.807) is 12.1 Å². The molecule has 0 bridgehead atoms. The maximum atomic E-state index is 11.7. The minimum atomic E-state index is -0.867. The molecule has 0 saturated heterocycles. The second-order valence-corrected chi connectivity index (χ2v) is 5.14. The summed E-state index contributed by atoms with van der Waals surface area (Å²) in [4.78, 5) is 27.3. The average molecular weight is 276 g/mol. The van der Waals surface area contributed by atoms with Crippen LogP contribution in [0.4, 0.5) is 5.82 Å². The number of carbonyl (C=O) groups is 2. The highest BCUT2D eigenvalue weighted by Gasteiger charge is 2.21. The number of fused-ring (bicyclic) bond motifs is 1. The number of aryl methyl sites for hydroxylation is 1. The van der Waals surface area contributed by atoms with Gasteiger partial charge in [0.1, 0.15) is 11.9 Å². The standard InChI is InChI=1S/C15H20N2O3/c1-2-3-5-12(15(19)20)17-14-9-8-10-11(16-14)6-4-7-13(10)18/h8-9,12H,2-7H2,1H3,(H,16,17)(H,19,20)/t12-/m0/s1. The van der Waals surface area contributed by atoms with Crippen LogP contribution >= 0.6 is 0 Å². The number of aromatic nitrogens is 1. The lowest BCUT2D eigenvalue weighted by atomic mass is 9.95. The number of pyridine rings is 1. The number of unbranched alkanes of at least 4 members (excludes halogenated alkanes) is 1. The van der Waals surface area contributed by atoms with E-state index in [1.165, 1.54) is 0 Å². The molecule has 0 amide bonds. The van der Waals surface area contributed by atoms with Gasteiger partial charge in [0.15, 0.2) is 5.78 Å². The lowest BCUT2D eigenvalue weighted by Crippen LogP contribution is -2.30. The molecule has 1 aliphatic rings. The van der Waals surface area contributed by atoms with Gasteiger partial charge in [0.25, 0.3) is 0 Å². The summed E-state index contributed by atoms with van der Waals surface area (Å²) < 4.78 is 0. The Bertz CT molecular complexity index is 514. The first-order valence-corrected chi connectivity index (χ1v) is 7.14. The molecule has 5 nitrogen and oxygen atoms in total. The van der Waals surface area contributed by atoms with Gasteiger partial charge in [0.2, 0.25) is 0 Å². The Hall–Kier alpha value is -1.91.